The predicted molar refractivity (Wildman–Crippen MR) is 82.5 cm³/mol. The first-order valence-corrected chi connectivity index (χ1v) is 7.27. The number of hydrogen-bond donors (Lipinski definition) is 1. The van der Waals surface area contributed by atoms with Crippen molar-refractivity contribution in [2.24, 2.45) is 5.73 Å². The molecule has 0 radical (unpaired) electrons. The molecule has 1 aliphatic heterocycles. The highest BCUT2D eigenvalue weighted by atomic mass is 35.5. The molecule has 3 rings (SSSR count). The molecule has 1 heterocycles. The minimum atomic E-state index is -0.0401. The summed E-state index contributed by atoms with van der Waals surface area (Å²) in [5, 5.41) is 0.765. The number of nitrogens with two attached hydrogens (primary N) is 1. The smallest absolute Gasteiger partial charge is 0.125 e. The van der Waals surface area contributed by atoms with Gasteiger partial charge in [0.2, 0.25) is 0 Å². The SMILES string of the molecule is Cc1cccc(C(N)Cc2cc(Cl)cc3c2OCC3)c1. The van der Waals surface area contributed by atoms with E-state index in [2.05, 4.69) is 25.1 Å². The molecule has 2 aromatic carbocycles. The molecule has 0 fully saturated rings. The maximum atomic E-state index is 6.34. The van der Waals surface area contributed by atoms with Gasteiger partial charge in [-0.1, -0.05) is 41.4 Å². The van der Waals surface area contributed by atoms with Crippen LogP contribution in [0.3, 0.4) is 0 Å². The van der Waals surface area contributed by atoms with Crippen molar-refractivity contribution >= 4 is 11.6 Å². The second kappa shape index (κ2) is 5.47. The topological polar surface area (TPSA) is 35.2 Å². The lowest BCUT2D eigenvalue weighted by Crippen LogP contribution is -2.14. The van der Waals surface area contributed by atoms with E-state index in [1.807, 2.05) is 18.2 Å². The van der Waals surface area contributed by atoms with Crippen molar-refractivity contribution in [1.29, 1.82) is 0 Å². The van der Waals surface area contributed by atoms with Crippen LogP contribution in [-0.2, 0) is 12.8 Å². The van der Waals surface area contributed by atoms with E-state index in [9.17, 15) is 0 Å². The van der Waals surface area contributed by atoms with Crippen LogP contribution in [0.5, 0.6) is 5.75 Å². The summed E-state index contributed by atoms with van der Waals surface area (Å²) < 4.78 is 5.73. The Kier molecular flexibility index (Phi) is 3.68. The Morgan fingerprint density at radius 3 is 2.95 bits per heavy atom. The number of rotatable bonds is 3. The first kappa shape index (κ1) is 13.5. The summed E-state index contributed by atoms with van der Waals surface area (Å²) in [6.45, 7) is 2.82. The third-order valence-corrected chi connectivity index (χ3v) is 3.95. The second-order valence-corrected chi connectivity index (χ2v) is 5.81. The molecule has 2 N–H and O–H groups in total. The highest BCUT2D eigenvalue weighted by molar-refractivity contribution is 6.30. The van der Waals surface area contributed by atoms with Gasteiger partial charge in [-0.2, -0.15) is 0 Å². The molecule has 0 saturated carbocycles. The van der Waals surface area contributed by atoms with Crippen molar-refractivity contribution in [1.82, 2.24) is 0 Å². The Balaban J connectivity index is 1.88. The summed E-state index contributed by atoms with van der Waals surface area (Å²) in [6.07, 6.45) is 1.68. The lowest BCUT2D eigenvalue weighted by Gasteiger charge is -2.15. The van der Waals surface area contributed by atoms with E-state index >= 15 is 0 Å². The van der Waals surface area contributed by atoms with E-state index in [1.54, 1.807) is 0 Å². The first-order valence-electron chi connectivity index (χ1n) is 6.90. The Morgan fingerprint density at radius 2 is 2.15 bits per heavy atom. The zero-order chi connectivity index (χ0) is 14.1. The zero-order valence-corrected chi connectivity index (χ0v) is 12.3. The fourth-order valence-electron chi connectivity index (χ4n) is 2.75. The molecule has 0 bridgehead atoms. The highest BCUT2D eigenvalue weighted by Crippen LogP contribution is 2.34. The van der Waals surface area contributed by atoms with Gasteiger partial charge in [-0.15, -0.1) is 0 Å². The van der Waals surface area contributed by atoms with Crippen LogP contribution in [0.1, 0.15) is 28.3 Å². The summed E-state index contributed by atoms with van der Waals surface area (Å²) in [4.78, 5) is 0. The lowest BCUT2D eigenvalue weighted by molar-refractivity contribution is 0.352. The van der Waals surface area contributed by atoms with Crippen LogP contribution in [0, 0.1) is 6.92 Å². The molecule has 20 heavy (non-hydrogen) atoms. The van der Waals surface area contributed by atoms with Crippen molar-refractivity contribution in [3.63, 3.8) is 0 Å². The number of halogens is 1. The monoisotopic (exact) mass is 287 g/mol. The number of hydrogen-bond acceptors (Lipinski definition) is 2. The zero-order valence-electron chi connectivity index (χ0n) is 11.5. The van der Waals surface area contributed by atoms with Gasteiger partial charge >= 0.3 is 0 Å². The van der Waals surface area contributed by atoms with Crippen LogP contribution in [0.15, 0.2) is 36.4 Å². The molecule has 3 heteroatoms. The average Bonchev–Trinajstić information content (AvgIpc) is 2.86. The van der Waals surface area contributed by atoms with Gasteiger partial charge in [-0.25, -0.2) is 0 Å². The van der Waals surface area contributed by atoms with E-state index in [0.29, 0.717) is 0 Å². The molecular weight excluding hydrogens is 270 g/mol. The van der Waals surface area contributed by atoms with Crippen LogP contribution >= 0.6 is 11.6 Å². The summed E-state index contributed by atoms with van der Waals surface area (Å²) in [6, 6.07) is 12.3. The van der Waals surface area contributed by atoms with Gasteiger partial charge in [0.15, 0.2) is 0 Å². The van der Waals surface area contributed by atoms with Crippen LogP contribution in [0.25, 0.3) is 0 Å². The normalized spacial score (nSPS) is 14.8. The first-order chi connectivity index (χ1) is 9.63. The van der Waals surface area contributed by atoms with Crippen molar-refractivity contribution < 1.29 is 4.74 Å². The summed E-state index contributed by atoms with van der Waals surface area (Å²) in [7, 11) is 0. The molecule has 0 saturated heterocycles. The van der Waals surface area contributed by atoms with E-state index in [-0.39, 0.29) is 6.04 Å². The van der Waals surface area contributed by atoms with E-state index < -0.39 is 0 Å². The van der Waals surface area contributed by atoms with Crippen molar-refractivity contribution in [2.45, 2.75) is 25.8 Å². The average molecular weight is 288 g/mol. The molecule has 1 aliphatic rings. The van der Waals surface area contributed by atoms with Crippen LogP contribution in [0.2, 0.25) is 5.02 Å². The minimum Gasteiger partial charge on any atom is -0.493 e. The summed E-state index contributed by atoms with van der Waals surface area (Å²) >= 11 is 6.19. The second-order valence-electron chi connectivity index (χ2n) is 5.38. The summed E-state index contributed by atoms with van der Waals surface area (Å²) in [5.74, 6) is 0.984. The fraction of sp³-hybridized carbons (Fsp3) is 0.294. The van der Waals surface area contributed by atoms with Crippen LogP contribution in [-0.4, -0.2) is 6.61 Å². The molecule has 0 aromatic heterocycles. The maximum absolute atomic E-state index is 6.34. The lowest BCUT2D eigenvalue weighted by atomic mass is 9.96. The maximum Gasteiger partial charge on any atom is 0.125 e. The molecule has 0 amide bonds. The minimum absolute atomic E-state index is 0.0401. The third kappa shape index (κ3) is 2.67. The van der Waals surface area contributed by atoms with E-state index in [1.165, 1.54) is 11.1 Å². The Hall–Kier alpha value is -1.51. The number of fused-ring (bicyclic) bond motifs is 1. The summed E-state index contributed by atoms with van der Waals surface area (Å²) in [5.41, 5.74) is 11.0. The highest BCUT2D eigenvalue weighted by Gasteiger charge is 2.19. The van der Waals surface area contributed by atoms with Gasteiger partial charge in [0, 0.05) is 17.5 Å². The fourth-order valence-corrected chi connectivity index (χ4v) is 3.02. The van der Waals surface area contributed by atoms with E-state index in [4.69, 9.17) is 22.1 Å². The van der Waals surface area contributed by atoms with Crippen LogP contribution in [0.4, 0.5) is 0 Å². The van der Waals surface area contributed by atoms with Gasteiger partial charge in [-0.05, 0) is 42.2 Å². The van der Waals surface area contributed by atoms with Crippen molar-refractivity contribution in [3.05, 3.63) is 63.7 Å². The molecule has 0 spiro atoms. The van der Waals surface area contributed by atoms with E-state index in [0.717, 1.165) is 41.3 Å². The van der Waals surface area contributed by atoms with Crippen LogP contribution < -0.4 is 10.5 Å². The molecule has 1 unspecified atom stereocenters. The van der Waals surface area contributed by atoms with Crippen molar-refractivity contribution in [2.75, 3.05) is 6.61 Å². The molecule has 0 aliphatic carbocycles. The van der Waals surface area contributed by atoms with Gasteiger partial charge in [0.1, 0.15) is 5.75 Å². The number of aryl methyl sites for hydroxylation is 1. The molecule has 2 nitrogen and oxygen atoms in total. The van der Waals surface area contributed by atoms with Gasteiger partial charge in [0.05, 0.1) is 6.61 Å². The molecule has 1 atom stereocenters. The van der Waals surface area contributed by atoms with Gasteiger partial charge < -0.3 is 10.5 Å². The van der Waals surface area contributed by atoms with Gasteiger partial charge in [0.25, 0.3) is 0 Å². The predicted octanol–water partition coefficient (Wildman–Crippen LogP) is 3.83. The number of benzene rings is 2. The third-order valence-electron chi connectivity index (χ3n) is 3.74. The molecule has 104 valence electrons. The molecular formula is C17H18ClNO. The Morgan fingerprint density at radius 1 is 1.30 bits per heavy atom. The Bertz CT molecular complexity index is 639. The Labute approximate surface area is 124 Å². The van der Waals surface area contributed by atoms with Gasteiger partial charge in [-0.3, -0.25) is 0 Å². The largest absolute Gasteiger partial charge is 0.493 e. The standard InChI is InChI=1S/C17H18ClNO/c1-11-3-2-4-12(7-11)16(19)10-14-9-15(18)8-13-5-6-20-17(13)14/h2-4,7-9,16H,5-6,10,19H2,1H3. The number of ether oxygens (including phenoxy) is 1. The van der Waals surface area contributed by atoms with Crippen molar-refractivity contribution in [3.8, 4) is 5.75 Å². The quantitative estimate of drug-likeness (QED) is 0.931. The molecule has 2 aromatic rings.